The summed E-state index contributed by atoms with van der Waals surface area (Å²) in [6, 6.07) is 7.83. The number of hydrogen-bond acceptors (Lipinski definition) is 3. The van der Waals surface area contributed by atoms with Crippen molar-refractivity contribution in [1.29, 1.82) is 0 Å². The highest BCUT2D eigenvalue weighted by Crippen LogP contribution is 2.14. The van der Waals surface area contributed by atoms with Crippen LogP contribution in [0.1, 0.15) is 25.7 Å². The number of halogens is 1. The Morgan fingerprint density at radius 3 is 2.83 bits per heavy atom. The summed E-state index contributed by atoms with van der Waals surface area (Å²) in [7, 11) is 0. The van der Waals surface area contributed by atoms with Crippen molar-refractivity contribution in [2.24, 2.45) is 0 Å². The fraction of sp³-hybridized carbons (Fsp3) is 0.429. The predicted octanol–water partition coefficient (Wildman–Crippen LogP) is 4.00. The molecule has 2 rings (SSSR count). The summed E-state index contributed by atoms with van der Waals surface area (Å²) in [5, 5.41) is 1.05. The van der Waals surface area contributed by atoms with Gasteiger partial charge in [-0.2, -0.15) is 4.98 Å². The van der Waals surface area contributed by atoms with Crippen molar-refractivity contribution in [3.8, 4) is 5.88 Å². The molecule has 4 heteroatoms. The maximum Gasteiger partial charge on any atom is 0.215 e. The zero-order valence-corrected chi connectivity index (χ0v) is 12.5. The molecule has 0 bridgehead atoms. The predicted molar refractivity (Wildman–Crippen MR) is 82.4 cm³/mol. The van der Waals surface area contributed by atoms with E-state index in [2.05, 4.69) is 32.6 Å². The third-order valence-electron chi connectivity index (χ3n) is 2.72. The van der Waals surface area contributed by atoms with Gasteiger partial charge in [0, 0.05) is 17.6 Å². The molecule has 0 spiro atoms. The van der Waals surface area contributed by atoms with Gasteiger partial charge >= 0.3 is 0 Å². The summed E-state index contributed by atoms with van der Waals surface area (Å²) in [4.78, 5) is 8.59. The number of unbranched alkanes of at least 4 members (excludes halogenated alkanes) is 3. The lowest BCUT2D eigenvalue weighted by Crippen LogP contribution is -1.99. The molecule has 0 aliphatic heterocycles. The molecule has 0 atom stereocenters. The van der Waals surface area contributed by atoms with Gasteiger partial charge in [0.15, 0.2) is 5.65 Å². The minimum atomic E-state index is 0.676. The first-order valence-corrected chi connectivity index (χ1v) is 7.83. The fourth-order valence-electron chi connectivity index (χ4n) is 1.74. The van der Waals surface area contributed by atoms with Crippen LogP contribution >= 0.6 is 22.6 Å². The fourth-order valence-corrected chi connectivity index (χ4v) is 2.28. The standard InChI is InChI=1S/C14H17IN2O/c15-9-3-1-2-4-11-18-13-8-7-12-6-5-10-16-14(12)17-13/h5-8,10H,1-4,9,11H2. The van der Waals surface area contributed by atoms with Crippen molar-refractivity contribution in [2.45, 2.75) is 25.7 Å². The quantitative estimate of drug-likeness (QED) is 0.427. The van der Waals surface area contributed by atoms with Gasteiger partial charge in [0.2, 0.25) is 5.88 Å². The number of aromatic nitrogens is 2. The summed E-state index contributed by atoms with van der Waals surface area (Å²) in [6.07, 6.45) is 6.67. The summed E-state index contributed by atoms with van der Waals surface area (Å²) in [5.74, 6) is 0.676. The highest BCUT2D eigenvalue weighted by Gasteiger charge is 1.99. The second-order valence-electron chi connectivity index (χ2n) is 4.15. The Bertz CT molecular complexity index is 490. The van der Waals surface area contributed by atoms with Crippen molar-refractivity contribution in [3.63, 3.8) is 0 Å². The topological polar surface area (TPSA) is 35.0 Å². The van der Waals surface area contributed by atoms with E-state index in [-0.39, 0.29) is 0 Å². The molecule has 0 unspecified atom stereocenters. The molecule has 0 aliphatic carbocycles. The van der Waals surface area contributed by atoms with Crippen LogP contribution in [0.2, 0.25) is 0 Å². The van der Waals surface area contributed by atoms with Crippen molar-refractivity contribution in [1.82, 2.24) is 9.97 Å². The Morgan fingerprint density at radius 1 is 1.06 bits per heavy atom. The molecule has 0 saturated carbocycles. The monoisotopic (exact) mass is 356 g/mol. The highest BCUT2D eigenvalue weighted by molar-refractivity contribution is 14.1. The van der Waals surface area contributed by atoms with E-state index in [4.69, 9.17) is 4.74 Å². The van der Waals surface area contributed by atoms with Gasteiger partial charge in [-0.3, -0.25) is 0 Å². The Balaban J connectivity index is 1.81. The zero-order valence-electron chi connectivity index (χ0n) is 10.3. The van der Waals surface area contributed by atoms with Crippen molar-refractivity contribution >= 4 is 33.6 Å². The van der Waals surface area contributed by atoms with E-state index >= 15 is 0 Å². The van der Waals surface area contributed by atoms with Crippen molar-refractivity contribution < 1.29 is 4.74 Å². The Morgan fingerprint density at radius 2 is 1.94 bits per heavy atom. The van der Waals surface area contributed by atoms with E-state index in [0.717, 1.165) is 24.1 Å². The van der Waals surface area contributed by atoms with Gasteiger partial charge in [-0.25, -0.2) is 4.98 Å². The number of hydrogen-bond donors (Lipinski definition) is 0. The van der Waals surface area contributed by atoms with Crippen LogP contribution in [-0.2, 0) is 0 Å². The molecule has 0 radical (unpaired) electrons. The average Bonchev–Trinajstić information content (AvgIpc) is 2.42. The van der Waals surface area contributed by atoms with Gasteiger partial charge in [0.25, 0.3) is 0 Å². The number of pyridine rings is 2. The maximum atomic E-state index is 5.64. The molecular weight excluding hydrogens is 339 g/mol. The molecule has 2 aromatic heterocycles. The first-order chi connectivity index (χ1) is 8.90. The summed E-state index contributed by atoms with van der Waals surface area (Å²) >= 11 is 2.42. The third kappa shape index (κ3) is 4.08. The maximum absolute atomic E-state index is 5.64. The third-order valence-corrected chi connectivity index (χ3v) is 3.48. The second kappa shape index (κ2) is 7.51. The molecule has 0 saturated heterocycles. The van der Waals surface area contributed by atoms with Crippen LogP contribution in [0, 0.1) is 0 Å². The van der Waals surface area contributed by atoms with E-state index < -0.39 is 0 Å². The van der Waals surface area contributed by atoms with E-state index in [0.29, 0.717) is 5.88 Å². The molecule has 18 heavy (non-hydrogen) atoms. The lowest BCUT2D eigenvalue weighted by Gasteiger charge is -2.05. The first kappa shape index (κ1) is 13.5. The molecule has 0 amide bonds. The Hall–Kier alpha value is -0.910. The van der Waals surface area contributed by atoms with Crippen LogP contribution in [0.4, 0.5) is 0 Å². The molecule has 3 nitrogen and oxygen atoms in total. The smallest absolute Gasteiger partial charge is 0.215 e. The first-order valence-electron chi connectivity index (χ1n) is 6.31. The van der Waals surface area contributed by atoms with E-state index in [9.17, 15) is 0 Å². The van der Waals surface area contributed by atoms with Crippen LogP contribution in [0.3, 0.4) is 0 Å². The van der Waals surface area contributed by atoms with E-state index in [1.54, 1.807) is 6.20 Å². The highest BCUT2D eigenvalue weighted by atomic mass is 127. The molecular formula is C14H17IN2O. The largest absolute Gasteiger partial charge is 0.478 e. The van der Waals surface area contributed by atoms with E-state index in [1.165, 1.54) is 23.7 Å². The molecule has 0 aliphatic rings. The van der Waals surface area contributed by atoms with Gasteiger partial charge in [0.05, 0.1) is 6.61 Å². The lowest BCUT2D eigenvalue weighted by molar-refractivity contribution is 0.295. The number of ether oxygens (including phenoxy) is 1. The number of nitrogens with zero attached hydrogens (tertiary/aromatic N) is 2. The lowest BCUT2D eigenvalue weighted by atomic mass is 10.2. The summed E-state index contributed by atoms with van der Waals surface area (Å²) in [6.45, 7) is 0.743. The zero-order chi connectivity index (χ0) is 12.6. The van der Waals surface area contributed by atoms with Crippen molar-refractivity contribution in [3.05, 3.63) is 30.5 Å². The molecule has 2 heterocycles. The van der Waals surface area contributed by atoms with Gasteiger partial charge in [-0.1, -0.05) is 35.4 Å². The second-order valence-corrected chi connectivity index (χ2v) is 5.23. The Kier molecular flexibility index (Phi) is 5.64. The molecule has 0 fully saturated rings. The van der Waals surface area contributed by atoms with E-state index in [1.807, 2.05) is 24.3 Å². The molecule has 96 valence electrons. The molecule has 0 aromatic carbocycles. The Labute approximate surface area is 121 Å². The SMILES string of the molecule is ICCCCCCOc1ccc2cccnc2n1. The normalized spacial score (nSPS) is 10.7. The van der Waals surface area contributed by atoms with Gasteiger partial charge in [-0.15, -0.1) is 0 Å². The van der Waals surface area contributed by atoms with Crippen molar-refractivity contribution in [2.75, 3.05) is 11.0 Å². The van der Waals surface area contributed by atoms with Gasteiger partial charge < -0.3 is 4.74 Å². The summed E-state index contributed by atoms with van der Waals surface area (Å²) < 4.78 is 6.89. The minimum absolute atomic E-state index is 0.676. The van der Waals surface area contributed by atoms with Gasteiger partial charge in [-0.05, 0) is 35.5 Å². The minimum Gasteiger partial charge on any atom is -0.478 e. The number of alkyl halides is 1. The van der Waals surface area contributed by atoms with Crippen LogP contribution in [-0.4, -0.2) is 21.0 Å². The van der Waals surface area contributed by atoms with Crippen LogP contribution in [0.25, 0.3) is 11.0 Å². The molecule has 0 N–H and O–H groups in total. The number of rotatable bonds is 7. The van der Waals surface area contributed by atoms with Gasteiger partial charge in [0.1, 0.15) is 0 Å². The average molecular weight is 356 g/mol. The van der Waals surface area contributed by atoms with Crippen LogP contribution in [0.15, 0.2) is 30.5 Å². The van der Waals surface area contributed by atoms with Crippen LogP contribution in [0.5, 0.6) is 5.88 Å². The molecule has 2 aromatic rings. The van der Waals surface area contributed by atoms with Crippen LogP contribution < -0.4 is 4.74 Å². The summed E-state index contributed by atoms with van der Waals surface area (Å²) in [5.41, 5.74) is 0.750. The number of fused-ring (bicyclic) bond motifs is 1.